The zero-order valence-corrected chi connectivity index (χ0v) is 9.93. The number of nitrogens with zero attached hydrogens (tertiary/aromatic N) is 1. The highest BCUT2D eigenvalue weighted by Crippen LogP contribution is 2.35. The monoisotopic (exact) mass is 235 g/mol. The topological polar surface area (TPSA) is 59.4 Å². The third kappa shape index (κ3) is 2.75. The zero-order chi connectivity index (χ0) is 12.3. The molecule has 1 aliphatic carbocycles. The van der Waals surface area contributed by atoms with Gasteiger partial charge in [0.2, 0.25) is 5.88 Å². The van der Waals surface area contributed by atoms with Crippen LogP contribution in [0.2, 0.25) is 0 Å². The third-order valence-electron chi connectivity index (χ3n) is 3.45. The van der Waals surface area contributed by atoms with E-state index in [-0.39, 0.29) is 5.92 Å². The highest BCUT2D eigenvalue weighted by atomic mass is 16.5. The fourth-order valence-electron chi connectivity index (χ4n) is 2.41. The van der Waals surface area contributed by atoms with E-state index in [9.17, 15) is 4.79 Å². The first kappa shape index (κ1) is 11.9. The molecule has 0 saturated heterocycles. The van der Waals surface area contributed by atoms with E-state index in [1.165, 1.54) is 0 Å². The van der Waals surface area contributed by atoms with Crippen LogP contribution in [0.25, 0.3) is 0 Å². The molecule has 1 saturated carbocycles. The van der Waals surface area contributed by atoms with Gasteiger partial charge >= 0.3 is 5.97 Å². The van der Waals surface area contributed by atoms with Crippen molar-refractivity contribution in [3.8, 4) is 5.88 Å². The summed E-state index contributed by atoms with van der Waals surface area (Å²) in [4.78, 5) is 15.3. The SMILES string of the molecule is COc1cccc(C2CCC(C(=O)O)CC2)n1. The maximum absolute atomic E-state index is 10.9. The Labute approximate surface area is 101 Å². The minimum atomic E-state index is -0.665. The molecule has 0 unspecified atom stereocenters. The Hall–Kier alpha value is -1.58. The van der Waals surface area contributed by atoms with Crippen molar-refractivity contribution < 1.29 is 14.6 Å². The molecule has 0 bridgehead atoms. The van der Waals surface area contributed by atoms with E-state index in [0.29, 0.717) is 11.8 Å². The van der Waals surface area contributed by atoms with Gasteiger partial charge in [0.15, 0.2) is 0 Å². The Bertz CT molecular complexity index is 397. The summed E-state index contributed by atoms with van der Waals surface area (Å²) in [5.41, 5.74) is 1.02. The second-order valence-electron chi connectivity index (χ2n) is 4.49. The largest absolute Gasteiger partial charge is 0.481 e. The molecule has 92 valence electrons. The molecule has 1 fully saturated rings. The molecule has 1 N–H and O–H groups in total. The summed E-state index contributed by atoms with van der Waals surface area (Å²) < 4.78 is 5.10. The first-order chi connectivity index (χ1) is 8.20. The lowest BCUT2D eigenvalue weighted by molar-refractivity contribution is -0.142. The van der Waals surface area contributed by atoms with Gasteiger partial charge in [0.1, 0.15) is 0 Å². The standard InChI is InChI=1S/C13H17NO3/c1-17-12-4-2-3-11(14-12)9-5-7-10(8-6-9)13(15)16/h2-4,9-10H,5-8H2,1H3,(H,15,16). The lowest BCUT2D eigenvalue weighted by Crippen LogP contribution is -2.20. The summed E-state index contributed by atoms with van der Waals surface area (Å²) in [7, 11) is 1.60. The van der Waals surface area contributed by atoms with Gasteiger partial charge in [-0.05, 0) is 31.7 Å². The van der Waals surface area contributed by atoms with Crippen molar-refractivity contribution in [3.05, 3.63) is 23.9 Å². The number of carboxylic acids is 1. The first-order valence-electron chi connectivity index (χ1n) is 5.94. The number of rotatable bonds is 3. The molecule has 2 rings (SSSR count). The van der Waals surface area contributed by atoms with Gasteiger partial charge in [-0.25, -0.2) is 4.98 Å². The average molecular weight is 235 g/mol. The minimum absolute atomic E-state index is 0.170. The van der Waals surface area contributed by atoms with Crippen molar-refractivity contribution in [1.29, 1.82) is 0 Å². The van der Waals surface area contributed by atoms with Crippen LogP contribution < -0.4 is 4.74 Å². The molecule has 0 spiro atoms. The molecule has 1 aromatic rings. The third-order valence-corrected chi connectivity index (χ3v) is 3.45. The van der Waals surface area contributed by atoms with Crippen molar-refractivity contribution in [1.82, 2.24) is 4.98 Å². The molecule has 0 radical (unpaired) electrons. The zero-order valence-electron chi connectivity index (χ0n) is 9.93. The molecule has 0 amide bonds. The summed E-state index contributed by atoms with van der Waals surface area (Å²) in [6, 6.07) is 5.76. The summed E-state index contributed by atoms with van der Waals surface area (Å²) in [5.74, 6) is 0.169. The molecule has 17 heavy (non-hydrogen) atoms. The maximum Gasteiger partial charge on any atom is 0.306 e. The van der Waals surface area contributed by atoms with Crippen molar-refractivity contribution >= 4 is 5.97 Å². The number of carbonyl (C=O) groups is 1. The Kier molecular flexibility index (Phi) is 3.61. The first-order valence-corrected chi connectivity index (χ1v) is 5.94. The van der Waals surface area contributed by atoms with Crippen LogP contribution in [0.3, 0.4) is 0 Å². The number of aromatic nitrogens is 1. The van der Waals surface area contributed by atoms with E-state index >= 15 is 0 Å². The van der Waals surface area contributed by atoms with Crippen molar-refractivity contribution in [2.75, 3.05) is 7.11 Å². The van der Waals surface area contributed by atoms with Gasteiger partial charge < -0.3 is 9.84 Å². The molecule has 0 atom stereocenters. The number of aliphatic carboxylic acids is 1. The molecular formula is C13H17NO3. The van der Waals surface area contributed by atoms with E-state index in [1.807, 2.05) is 18.2 Å². The number of methoxy groups -OCH3 is 1. The van der Waals surface area contributed by atoms with E-state index in [1.54, 1.807) is 7.11 Å². The highest BCUT2D eigenvalue weighted by Gasteiger charge is 2.27. The summed E-state index contributed by atoms with van der Waals surface area (Å²) in [6.07, 6.45) is 3.30. The number of hydrogen-bond acceptors (Lipinski definition) is 3. The Morgan fingerprint density at radius 1 is 1.35 bits per heavy atom. The van der Waals surface area contributed by atoms with Crippen LogP contribution in [0.5, 0.6) is 5.88 Å². The van der Waals surface area contributed by atoms with Crippen molar-refractivity contribution in [2.24, 2.45) is 5.92 Å². The Morgan fingerprint density at radius 2 is 2.06 bits per heavy atom. The maximum atomic E-state index is 10.9. The number of ether oxygens (including phenoxy) is 1. The predicted molar refractivity (Wildman–Crippen MR) is 63.1 cm³/mol. The summed E-state index contributed by atoms with van der Waals surface area (Å²) >= 11 is 0. The number of hydrogen-bond donors (Lipinski definition) is 1. The lowest BCUT2D eigenvalue weighted by atomic mass is 9.80. The van der Waals surface area contributed by atoms with E-state index in [4.69, 9.17) is 9.84 Å². The Balaban J connectivity index is 2.02. The van der Waals surface area contributed by atoms with Gasteiger partial charge in [0.25, 0.3) is 0 Å². The van der Waals surface area contributed by atoms with Crippen LogP contribution in [0.1, 0.15) is 37.3 Å². The smallest absolute Gasteiger partial charge is 0.306 e. The highest BCUT2D eigenvalue weighted by molar-refractivity contribution is 5.70. The second kappa shape index (κ2) is 5.17. The molecule has 1 aliphatic rings. The molecule has 0 aliphatic heterocycles. The Morgan fingerprint density at radius 3 is 2.65 bits per heavy atom. The van der Waals surface area contributed by atoms with E-state index < -0.39 is 5.97 Å². The molecule has 1 aromatic heterocycles. The second-order valence-corrected chi connectivity index (χ2v) is 4.49. The lowest BCUT2D eigenvalue weighted by Gasteiger charge is -2.25. The van der Waals surface area contributed by atoms with E-state index in [0.717, 1.165) is 31.4 Å². The molecule has 0 aromatic carbocycles. The van der Waals surface area contributed by atoms with Gasteiger partial charge in [-0.15, -0.1) is 0 Å². The van der Waals surface area contributed by atoms with Gasteiger partial charge in [0, 0.05) is 17.7 Å². The van der Waals surface area contributed by atoms with Gasteiger partial charge in [-0.1, -0.05) is 6.07 Å². The molecular weight excluding hydrogens is 218 g/mol. The fourth-order valence-corrected chi connectivity index (χ4v) is 2.41. The van der Waals surface area contributed by atoms with Gasteiger partial charge in [-0.2, -0.15) is 0 Å². The normalized spacial score (nSPS) is 24.3. The molecule has 4 nitrogen and oxygen atoms in total. The molecule has 1 heterocycles. The minimum Gasteiger partial charge on any atom is -0.481 e. The van der Waals surface area contributed by atoms with Crippen LogP contribution in [0.15, 0.2) is 18.2 Å². The summed E-state index contributed by atoms with van der Waals surface area (Å²) in [5, 5.41) is 8.94. The van der Waals surface area contributed by atoms with Crippen LogP contribution in [-0.4, -0.2) is 23.2 Å². The van der Waals surface area contributed by atoms with Crippen LogP contribution >= 0.6 is 0 Å². The van der Waals surface area contributed by atoms with Crippen LogP contribution in [0, 0.1) is 5.92 Å². The van der Waals surface area contributed by atoms with Gasteiger partial charge in [-0.3, -0.25) is 4.79 Å². The van der Waals surface area contributed by atoms with Crippen molar-refractivity contribution in [3.63, 3.8) is 0 Å². The number of carboxylic acid groups (broad SMARTS) is 1. The van der Waals surface area contributed by atoms with Crippen LogP contribution in [-0.2, 0) is 4.79 Å². The van der Waals surface area contributed by atoms with Gasteiger partial charge in [0.05, 0.1) is 13.0 Å². The quantitative estimate of drug-likeness (QED) is 0.874. The van der Waals surface area contributed by atoms with Crippen molar-refractivity contribution in [2.45, 2.75) is 31.6 Å². The molecule has 4 heteroatoms. The van der Waals surface area contributed by atoms with Crippen LogP contribution in [0.4, 0.5) is 0 Å². The van der Waals surface area contributed by atoms with E-state index in [2.05, 4.69) is 4.98 Å². The fraction of sp³-hybridized carbons (Fsp3) is 0.538. The number of pyridine rings is 1. The predicted octanol–water partition coefficient (Wildman–Crippen LogP) is 2.45. The average Bonchev–Trinajstić information content (AvgIpc) is 2.39. The summed E-state index contributed by atoms with van der Waals surface area (Å²) in [6.45, 7) is 0.